The summed E-state index contributed by atoms with van der Waals surface area (Å²) in [6, 6.07) is 1.83. The van der Waals surface area contributed by atoms with Crippen molar-refractivity contribution >= 4 is 0 Å². The largest absolute Gasteiger partial charge is 0.330 e. The first-order valence-electron chi connectivity index (χ1n) is 4.99. The van der Waals surface area contributed by atoms with Crippen molar-refractivity contribution in [3.05, 3.63) is 47.8 Å². The Kier molecular flexibility index (Phi) is 3.14. The van der Waals surface area contributed by atoms with Crippen molar-refractivity contribution in [1.29, 1.82) is 0 Å². The molecule has 0 atom stereocenters. The van der Waals surface area contributed by atoms with E-state index in [4.69, 9.17) is 5.73 Å². The monoisotopic (exact) mass is 241 g/mol. The molecule has 1 aromatic heterocycles. The number of hydrogen-bond donors (Lipinski definition) is 1. The minimum absolute atomic E-state index is 0.183. The molecule has 0 unspecified atom stereocenters. The van der Waals surface area contributed by atoms with E-state index in [0.717, 1.165) is 12.1 Å². The molecule has 0 aliphatic rings. The van der Waals surface area contributed by atoms with Crippen LogP contribution in [-0.4, -0.2) is 16.1 Å². The maximum absolute atomic E-state index is 13.1. The molecule has 0 aliphatic heterocycles. The third-order valence-corrected chi connectivity index (χ3v) is 2.36. The molecule has 2 rings (SSSR count). The maximum atomic E-state index is 13.1. The molecule has 90 valence electrons. The van der Waals surface area contributed by atoms with E-state index in [-0.39, 0.29) is 5.69 Å². The number of aromatic nitrogens is 2. The first-order valence-corrected chi connectivity index (χ1v) is 4.99. The average Bonchev–Trinajstić information content (AvgIpc) is 2.74. The van der Waals surface area contributed by atoms with Gasteiger partial charge in [0.05, 0.1) is 12.0 Å². The summed E-state index contributed by atoms with van der Waals surface area (Å²) in [6.07, 6.45) is 3.46. The van der Waals surface area contributed by atoms with Gasteiger partial charge in [-0.25, -0.2) is 18.2 Å². The average molecular weight is 241 g/mol. The van der Waals surface area contributed by atoms with Crippen LogP contribution >= 0.6 is 0 Å². The third kappa shape index (κ3) is 2.16. The molecule has 0 radical (unpaired) electrons. The van der Waals surface area contributed by atoms with Crippen molar-refractivity contribution in [1.82, 2.24) is 9.55 Å². The van der Waals surface area contributed by atoms with Crippen LogP contribution in [0.2, 0.25) is 0 Å². The highest BCUT2D eigenvalue weighted by atomic mass is 19.2. The third-order valence-electron chi connectivity index (χ3n) is 2.36. The Morgan fingerprint density at radius 1 is 1.18 bits per heavy atom. The minimum Gasteiger partial charge on any atom is -0.330 e. The van der Waals surface area contributed by atoms with E-state index in [0.29, 0.717) is 18.7 Å². The van der Waals surface area contributed by atoms with Crippen LogP contribution in [0.1, 0.15) is 5.69 Å². The van der Waals surface area contributed by atoms with E-state index in [1.807, 2.05) is 0 Å². The summed E-state index contributed by atoms with van der Waals surface area (Å²) in [6.45, 7) is 0.387. The Morgan fingerprint density at radius 2 is 1.82 bits per heavy atom. The highest BCUT2D eigenvalue weighted by Crippen LogP contribution is 2.18. The SMILES string of the molecule is NCCc1cncn1-c1cc(F)c(F)c(F)c1. The molecule has 6 heteroatoms. The molecule has 0 amide bonds. The predicted molar refractivity (Wildman–Crippen MR) is 56.2 cm³/mol. The number of nitrogens with two attached hydrogens (primary N) is 1. The number of nitrogens with zero attached hydrogens (tertiary/aromatic N) is 2. The fraction of sp³-hybridized carbons (Fsp3) is 0.182. The second-order valence-corrected chi connectivity index (χ2v) is 3.52. The summed E-state index contributed by atoms with van der Waals surface area (Å²) in [5.41, 5.74) is 6.29. The lowest BCUT2D eigenvalue weighted by atomic mass is 10.2. The van der Waals surface area contributed by atoms with Gasteiger partial charge in [0, 0.05) is 30.4 Å². The Balaban J connectivity index is 2.49. The molecule has 0 saturated carbocycles. The fourth-order valence-corrected chi connectivity index (χ4v) is 1.57. The van der Waals surface area contributed by atoms with Crippen LogP contribution < -0.4 is 5.73 Å². The van der Waals surface area contributed by atoms with E-state index in [1.165, 1.54) is 10.9 Å². The first-order chi connectivity index (χ1) is 8.13. The zero-order chi connectivity index (χ0) is 12.4. The van der Waals surface area contributed by atoms with Gasteiger partial charge in [-0.15, -0.1) is 0 Å². The van der Waals surface area contributed by atoms with Crippen LogP contribution in [0.3, 0.4) is 0 Å². The van der Waals surface area contributed by atoms with E-state index in [9.17, 15) is 13.2 Å². The van der Waals surface area contributed by atoms with Crippen molar-refractivity contribution in [2.24, 2.45) is 5.73 Å². The number of imidazole rings is 1. The standard InChI is InChI=1S/C11H10F3N3/c12-9-3-8(4-10(13)11(9)14)17-6-16-5-7(17)1-2-15/h3-6H,1-2,15H2. The molecule has 2 N–H and O–H groups in total. The number of hydrogen-bond acceptors (Lipinski definition) is 2. The molecule has 0 saturated heterocycles. The second kappa shape index (κ2) is 4.58. The van der Waals surface area contributed by atoms with Gasteiger partial charge in [-0.05, 0) is 6.54 Å². The van der Waals surface area contributed by atoms with Gasteiger partial charge in [0.25, 0.3) is 0 Å². The first kappa shape index (κ1) is 11.7. The Hall–Kier alpha value is -1.82. The molecular formula is C11H10F3N3. The highest BCUT2D eigenvalue weighted by Gasteiger charge is 2.12. The molecule has 0 spiro atoms. The van der Waals surface area contributed by atoms with Crippen LogP contribution in [0.4, 0.5) is 13.2 Å². The Labute approximate surface area is 95.7 Å². The summed E-state index contributed by atoms with van der Waals surface area (Å²) in [5.74, 6) is -3.94. The normalized spacial score (nSPS) is 10.8. The molecular weight excluding hydrogens is 231 g/mol. The van der Waals surface area contributed by atoms with E-state index < -0.39 is 17.5 Å². The zero-order valence-electron chi connectivity index (χ0n) is 8.83. The number of benzene rings is 1. The van der Waals surface area contributed by atoms with Crippen LogP contribution in [0.15, 0.2) is 24.7 Å². The molecule has 3 nitrogen and oxygen atoms in total. The molecule has 0 aliphatic carbocycles. The van der Waals surface area contributed by atoms with Crippen LogP contribution in [0.25, 0.3) is 5.69 Å². The van der Waals surface area contributed by atoms with Gasteiger partial charge in [-0.3, -0.25) is 0 Å². The summed E-state index contributed by atoms with van der Waals surface area (Å²) in [7, 11) is 0. The molecule has 0 bridgehead atoms. The molecule has 2 aromatic rings. The van der Waals surface area contributed by atoms with Crippen LogP contribution in [0.5, 0.6) is 0 Å². The van der Waals surface area contributed by atoms with Gasteiger partial charge >= 0.3 is 0 Å². The number of halogens is 3. The van der Waals surface area contributed by atoms with Gasteiger partial charge in [0.2, 0.25) is 0 Å². The summed E-state index contributed by atoms with van der Waals surface area (Å²) < 4.78 is 40.4. The molecule has 1 aromatic carbocycles. The number of rotatable bonds is 3. The van der Waals surface area contributed by atoms with E-state index in [2.05, 4.69) is 4.98 Å². The van der Waals surface area contributed by atoms with Crippen molar-refractivity contribution in [2.75, 3.05) is 6.54 Å². The van der Waals surface area contributed by atoms with Crippen molar-refractivity contribution in [3.63, 3.8) is 0 Å². The van der Waals surface area contributed by atoms with Gasteiger partial charge in [0.15, 0.2) is 17.5 Å². The minimum atomic E-state index is -1.48. The van der Waals surface area contributed by atoms with Gasteiger partial charge in [-0.2, -0.15) is 0 Å². The summed E-state index contributed by atoms with van der Waals surface area (Å²) >= 11 is 0. The highest BCUT2D eigenvalue weighted by molar-refractivity contribution is 5.35. The second-order valence-electron chi connectivity index (χ2n) is 3.52. The van der Waals surface area contributed by atoms with E-state index >= 15 is 0 Å². The lowest BCUT2D eigenvalue weighted by molar-refractivity contribution is 0.446. The topological polar surface area (TPSA) is 43.8 Å². The Morgan fingerprint density at radius 3 is 2.41 bits per heavy atom. The zero-order valence-corrected chi connectivity index (χ0v) is 8.83. The van der Waals surface area contributed by atoms with Crippen LogP contribution in [0, 0.1) is 17.5 Å². The summed E-state index contributed by atoms with van der Waals surface area (Å²) in [5, 5.41) is 0. The van der Waals surface area contributed by atoms with Crippen LogP contribution in [-0.2, 0) is 6.42 Å². The molecule has 0 fully saturated rings. The Bertz CT molecular complexity index is 514. The quantitative estimate of drug-likeness (QED) is 0.832. The van der Waals surface area contributed by atoms with Gasteiger partial charge in [0.1, 0.15) is 0 Å². The van der Waals surface area contributed by atoms with Gasteiger partial charge in [-0.1, -0.05) is 0 Å². The molecule has 17 heavy (non-hydrogen) atoms. The van der Waals surface area contributed by atoms with Crippen molar-refractivity contribution < 1.29 is 13.2 Å². The summed E-state index contributed by atoms with van der Waals surface area (Å²) in [4.78, 5) is 3.87. The van der Waals surface area contributed by atoms with Gasteiger partial charge < -0.3 is 10.3 Å². The lowest BCUT2D eigenvalue weighted by Crippen LogP contribution is -2.08. The predicted octanol–water partition coefficient (Wildman–Crippen LogP) is 1.79. The lowest BCUT2D eigenvalue weighted by Gasteiger charge is -2.08. The van der Waals surface area contributed by atoms with E-state index in [1.54, 1.807) is 6.20 Å². The van der Waals surface area contributed by atoms with Crippen molar-refractivity contribution in [3.8, 4) is 5.69 Å². The maximum Gasteiger partial charge on any atom is 0.194 e. The smallest absolute Gasteiger partial charge is 0.194 e. The van der Waals surface area contributed by atoms with Crippen molar-refractivity contribution in [2.45, 2.75) is 6.42 Å². The molecule has 1 heterocycles. The fourth-order valence-electron chi connectivity index (χ4n) is 1.57.